The summed E-state index contributed by atoms with van der Waals surface area (Å²) in [6, 6.07) is 7.60. The summed E-state index contributed by atoms with van der Waals surface area (Å²) in [6.07, 6.45) is 2.34. The van der Waals surface area contributed by atoms with Gasteiger partial charge in [-0.05, 0) is 36.6 Å². The van der Waals surface area contributed by atoms with E-state index in [9.17, 15) is 4.79 Å². The largest absolute Gasteiger partial charge is 0.497 e. The number of benzene rings is 1. The number of methoxy groups -OCH3 is 1. The summed E-state index contributed by atoms with van der Waals surface area (Å²) in [5, 5.41) is 6.95. The van der Waals surface area contributed by atoms with E-state index in [-0.39, 0.29) is 24.4 Å². The van der Waals surface area contributed by atoms with E-state index in [1.54, 1.807) is 25.3 Å². The average molecular weight is 367 g/mol. The molecule has 25 heavy (non-hydrogen) atoms. The predicted octanol–water partition coefficient (Wildman–Crippen LogP) is 2.95. The molecule has 0 saturated carbocycles. The van der Waals surface area contributed by atoms with Crippen molar-refractivity contribution in [3.63, 3.8) is 0 Å². The quantitative estimate of drug-likeness (QED) is 0.789. The minimum Gasteiger partial charge on any atom is -0.497 e. The Morgan fingerprint density at radius 1 is 1.32 bits per heavy atom. The molecule has 1 atom stereocenters. The zero-order valence-corrected chi connectivity index (χ0v) is 16.0. The van der Waals surface area contributed by atoms with E-state index in [4.69, 9.17) is 10.5 Å². The van der Waals surface area contributed by atoms with Crippen LogP contribution in [0.25, 0.3) is 11.3 Å². The Bertz CT molecular complexity index is 670. The van der Waals surface area contributed by atoms with Gasteiger partial charge < -0.3 is 15.4 Å². The monoisotopic (exact) mass is 366 g/mol. The fraction of sp³-hybridized carbons (Fsp3) is 0.444. The minimum absolute atomic E-state index is 0. The number of aromatic nitrogens is 2. The van der Waals surface area contributed by atoms with Crippen molar-refractivity contribution in [1.82, 2.24) is 15.1 Å². The number of hydrogen-bond donors (Lipinski definition) is 2. The van der Waals surface area contributed by atoms with Crippen molar-refractivity contribution in [2.24, 2.45) is 11.7 Å². The minimum atomic E-state index is -0.0643. The SMILES string of the molecule is COc1ccc(-c2[nH]ncc2C(=O)N(C)CCC(N)C(C)C)cc1.Cl. The molecule has 2 aromatic rings. The molecule has 0 fully saturated rings. The van der Waals surface area contributed by atoms with Crippen LogP contribution in [0.2, 0.25) is 0 Å². The van der Waals surface area contributed by atoms with Crippen molar-refractivity contribution < 1.29 is 9.53 Å². The number of H-pyrrole nitrogens is 1. The van der Waals surface area contributed by atoms with Gasteiger partial charge in [0.2, 0.25) is 0 Å². The van der Waals surface area contributed by atoms with E-state index in [2.05, 4.69) is 24.0 Å². The lowest BCUT2D eigenvalue weighted by Gasteiger charge is -2.21. The molecule has 1 amide bonds. The highest BCUT2D eigenvalue weighted by atomic mass is 35.5. The number of aromatic amines is 1. The maximum absolute atomic E-state index is 12.7. The first-order valence-electron chi connectivity index (χ1n) is 8.13. The lowest BCUT2D eigenvalue weighted by molar-refractivity contribution is 0.0790. The van der Waals surface area contributed by atoms with E-state index in [1.165, 1.54) is 0 Å². The molecule has 0 radical (unpaired) electrons. The van der Waals surface area contributed by atoms with Gasteiger partial charge in [-0.1, -0.05) is 13.8 Å². The van der Waals surface area contributed by atoms with Gasteiger partial charge in [-0.25, -0.2) is 0 Å². The van der Waals surface area contributed by atoms with Gasteiger partial charge in [-0.15, -0.1) is 12.4 Å². The van der Waals surface area contributed by atoms with Gasteiger partial charge >= 0.3 is 0 Å². The van der Waals surface area contributed by atoms with Gasteiger partial charge in [-0.2, -0.15) is 5.10 Å². The summed E-state index contributed by atoms with van der Waals surface area (Å²) in [5.74, 6) is 1.11. The number of nitrogens with two attached hydrogens (primary N) is 1. The Labute approximate surface area is 155 Å². The second-order valence-corrected chi connectivity index (χ2v) is 6.31. The number of nitrogens with zero attached hydrogens (tertiary/aromatic N) is 2. The molecule has 3 N–H and O–H groups in total. The van der Waals surface area contributed by atoms with Gasteiger partial charge in [0.15, 0.2) is 0 Å². The summed E-state index contributed by atoms with van der Waals surface area (Å²) >= 11 is 0. The summed E-state index contributed by atoms with van der Waals surface area (Å²) in [4.78, 5) is 14.4. The smallest absolute Gasteiger partial charge is 0.257 e. The first-order chi connectivity index (χ1) is 11.4. The number of rotatable bonds is 7. The first kappa shape index (κ1) is 21.0. The van der Waals surface area contributed by atoms with Gasteiger partial charge in [0, 0.05) is 25.2 Å². The highest BCUT2D eigenvalue weighted by molar-refractivity contribution is 5.99. The van der Waals surface area contributed by atoms with E-state index >= 15 is 0 Å². The number of carbonyl (C=O) groups is 1. The van der Waals surface area contributed by atoms with Gasteiger partial charge in [0.25, 0.3) is 5.91 Å². The van der Waals surface area contributed by atoms with Gasteiger partial charge in [-0.3, -0.25) is 9.89 Å². The van der Waals surface area contributed by atoms with Crippen LogP contribution >= 0.6 is 12.4 Å². The third kappa shape index (κ3) is 5.21. The van der Waals surface area contributed by atoms with E-state index < -0.39 is 0 Å². The molecular weight excluding hydrogens is 340 g/mol. The van der Waals surface area contributed by atoms with E-state index in [1.807, 2.05) is 24.3 Å². The Balaban J connectivity index is 0.00000312. The lowest BCUT2D eigenvalue weighted by Crippen LogP contribution is -2.34. The maximum atomic E-state index is 12.7. The molecule has 1 heterocycles. The van der Waals surface area contributed by atoms with Crippen molar-refractivity contribution >= 4 is 18.3 Å². The van der Waals surface area contributed by atoms with Crippen LogP contribution in [-0.2, 0) is 0 Å². The number of ether oxygens (including phenoxy) is 1. The zero-order chi connectivity index (χ0) is 17.7. The Hall–Kier alpha value is -2.05. The molecule has 1 aromatic heterocycles. The fourth-order valence-corrected chi connectivity index (χ4v) is 2.41. The Morgan fingerprint density at radius 3 is 2.52 bits per heavy atom. The van der Waals surface area contributed by atoms with E-state index in [0.29, 0.717) is 23.7 Å². The summed E-state index contributed by atoms with van der Waals surface area (Å²) < 4.78 is 5.16. The molecule has 1 aromatic carbocycles. The molecule has 0 bridgehead atoms. The molecular formula is C18H27ClN4O2. The molecule has 6 nitrogen and oxygen atoms in total. The molecule has 0 aliphatic carbocycles. The van der Waals surface area contributed by atoms with Crippen molar-refractivity contribution in [2.75, 3.05) is 20.7 Å². The average Bonchev–Trinajstić information content (AvgIpc) is 3.08. The first-order valence-corrected chi connectivity index (χ1v) is 8.13. The van der Waals surface area contributed by atoms with Crippen LogP contribution in [0.4, 0.5) is 0 Å². The normalized spacial score (nSPS) is 11.8. The maximum Gasteiger partial charge on any atom is 0.257 e. The van der Waals surface area contributed by atoms with Crippen molar-refractivity contribution in [3.05, 3.63) is 36.0 Å². The molecule has 0 saturated heterocycles. The fourth-order valence-electron chi connectivity index (χ4n) is 2.41. The molecule has 138 valence electrons. The molecule has 7 heteroatoms. The van der Waals surface area contributed by atoms with Crippen molar-refractivity contribution in [2.45, 2.75) is 26.3 Å². The van der Waals surface area contributed by atoms with Crippen LogP contribution in [0, 0.1) is 5.92 Å². The molecule has 0 aliphatic rings. The van der Waals surface area contributed by atoms with Crippen molar-refractivity contribution in [3.8, 4) is 17.0 Å². The highest BCUT2D eigenvalue weighted by Gasteiger charge is 2.20. The lowest BCUT2D eigenvalue weighted by atomic mass is 10.0. The van der Waals surface area contributed by atoms with Crippen LogP contribution in [0.15, 0.2) is 30.5 Å². The Morgan fingerprint density at radius 2 is 1.96 bits per heavy atom. The van der Waals surface area contributed by atoms with Crippen LogP contribution in [0.3, 0.4) is 0 Å². The second-order valence-electron chi connectivity index (χ2n) is 6.31. The van der Waals surface area contributed by atoms with Crippen molar-refractivity contribution in [1.29, 1.82) is 0 Å². The topological polar surface area (TPSA) is 84.2 Å². The standard InChI is InChI=1S/C18H26N4O2.ClH/c1-12(2)16(19)9-10-22(3)18(23)15-11-20-21-17(15)13-5-7-14(24-4)8-6-13;/h5-8,11-12,16H,9-10,19H2,1-4H3,(H,20,21);1H. The third-order valence-electron chi connectivity index (χ3n) is 4.25. The van der Waals surface area contributed by atoms with Gasteiger partial charge in [0.05, 0.1) is 24.6 Å². The summed E-state index contributed by atoms with van der Waals surface area (Å²) in [5.41, 5.74) is 8.22. The zero-order valence-electron chi connectivity index (χ0n) is 15.2. The Kier molecular flexibility index (Phi) is 7.93. The number of halogens is 1. The summed E-state index contributed by atoms with van der Waals surface area (Å²) in [6.45, 7) is 4.79. The number of carbonyl (C=O) groups excluding carboxylic acids is 1. The molecule has 2 rings (SSSR count). The third-order valence-corrected chi connectivity index (χ3v) is 4.25. The second kappa shape index (κ2) is 9.44. The molecule has 0 aliphatic heterocycles. The number of nitrogens with one attached hydrogen (secondary N) is 1. The van der Waals surface area contributed by atoms with Crippen LogP contribution in [0.5, 0.6) is 5.75 Å². The van der Waals surface area contributed by atoms with E-state index in [0.717, 1.165) is 17.7 Å². The summed E-state index contributed by atoms with van der Waals surface area (Å²) in [7, 11) is 3.41. The highest BCUT2D eigenvalue weighted by Crippen LogP contribution is 2.24. The predicted molar refractivity (Wildman–Crippen MR) is 102 cm³/mol. The van der Waals surface area contributed by atoms with Gasteiger partial charge in [0.1, 0.15) is 5.75 Å². The van der Waals surface area contributed by atoms with Crippen LogP contribution in [0.1, 0.15) is 30.6 Å². The number of hydrogen-bond acceptors (Lipinski definition) is 4. The van der Waals surface area contributed by atoms with Crippen LogP contribution in [-0.4, -0.2) is 47.7 Å². The molecule has 0 spiro atoms. The number of amides is 1. The van der Waals surface area contributed by atoms with Crippen LogP contribution < -0.4 is 10.5 Å². The molecule has 1 unspecified atom stereocenters.